The highest BCUT2D eigenvalue weighted by atomic mass is 127. The zero-order valence-electron chi connectivity index (χ0n) is 10.3. The zero-order chi connectivity index (χ0) is 12.7. The van der Waals surface area contributed by atoms with Crippen LogP contribution in [0.15, 0.2) is 36.4 Å². The molecule has 1 heterocycles. The van der Waals surface area contributed by atoms with Crippen LogP contribution in [-0.4, -0.2) is 9.97 Å². The lowest BCUT2D eigenvalue weighted by atomic mass is 10.1. The quantitative estimate of drug-likeness (QED) is 0.367. The molecule has 2 nitrogen and oxygen atoms in total. The lowest BCUT2D eigenvalue weighted by Gasteiger charge is -2.09. The van der Waals surface area contributed by atoms with Crippen LogP contribution in [0.25, 0.3) is 21.7 Å². The molecule has 0 aliphatic carbocycles. The van der Waals surface area contributed by atoms with Crippen molar-refractivity contribution in [2.45, 2.75) is 19.8 Å². The summed E-state index contributed by atoms with van der Waals surface area (Å²) < 4.78 is 1.03. The van der Waals surface area contributed by atoms with Gasteiger partial charge in [0.15, 0.2) is 0 Å². The number of benzene rings is 2. The lowest BCUT2D eigenvalue weighted by Crippen LogP contribution is -2.00. The molecule has 2 aromatic carbocycles. The third kappa shape index (κ3) is 1.86. The summed E-state index contributed by atoms with van der Waals surface area (Å²) >= 11 is 2.30. The monoisotopic (exact) mass is 348 g/mol. The van der Waals surface area contributed by atoms with E-state index >= 15 is 0 Å². The number of fused-ring (bicyclic) bond motifs is 3. The van der Waals surface area contributed by atoms with Crippen LogP contribution in [-0.2, 0) is 0 Å². The predicted octanol–water partition coefficient (Wildman–Crippen LogP) is 4.51. The second kappa shape index (κ2) is 4.46. The first-order valence-corrected chi connectivity index (χ1v) is 7.09. The Hall–Kier alpha value is -1.23. The molecule has 1 aromatic heterocycles. The van der Waals surface area contributed by atoms with Gasteiger partial charge in [0.25, 0.3) is 0 Å². The van der Waals surface area contributed by atoms with Crippen LogP contribution in [0.2, 0.25) is 0 Å². The van der Waals surface area contributed by atoms with E-state index in [0.29, 0.717) is 5.92 Å². The summed E-state index contributed by atoms with van der Waals surface area (Å²) in [6.07, 6.45) is 0. The van der Waals surface area contributed by atoms with Gasteiger partial charge in [-0.2, -0.15) is 0 Å². The first kappa shape index (κ1) is 11.8. The van der Waals surface area contributed by atoms with Crippen molar-refractivity contribution in [2.75, 3.05) is 0 Å². The first-order valence-electron chi connectivity index (χ1n) is 6.01. The SMILES string of the molecule is CC(C)c1nc(I)c2ccc3ccccc3c2n1. The Morgan fingerprint density at radius 1 is 0.944 bits per heavy atom. The summed E-state index contributed by atoms with van der Waals surface area (Å²) in [5.41, 5.74) is 1.07. The van der Waals surface area contributed by atoms with E-state index in [9.17, 15) is 0 Å². The van der Waals surface area contributed by atoms with Crippen LogP contribution >= 0.6 is 22.6 Å². The van der Waals surface area contributed by atoms with Crippen LogP contribution in [0.4, 0.5) is 0 Å². The van der Waals surface area contributed by atoms with Crippen LogP contribution in [0.1, 0.15) is 25.6 Å². The summed E-state index contributed by atoms with van der Waals surface area (Å²) in [5.74, 6) is 1.27. The van der Waals surface area contributed by atoms with Gasteiger partial charge in [0.2, 0.25) is 0 Å². The van der Waals surface area contributed by atoms with Gasteiger partial charge < -0.3 is 0 Å². The van der Waals surface area contributed by atoms with E-state index in [4.69, 9.17) is 4.98 Å². The smallest absolute Gasteiger partial charge is 0.132 e. The summed E-state index contributed by atoms with van der Waals surface area (Å²) in [6, 6.07) is 12.6. The van der Waals surface area contributed by atoms with Crippen molar-refractivity contribution in [3.05, 3.63) is 45.9 Å². The molecule has 0 saturated heterocycles. The maximum atomic E-state index is 4.75. The van der Waals surface area contributed by atoms with E-state index in [1.54, 1.807) is 0 Å². The Kier molecular flexibility index (Phi) is 2.93. The summed E-state index contributed by atoms with van der Waals surface area (Å²) in [7, 11) is 0. The molecule has 0 atom stereocenters. The fraction of sp³-hybridized carbons (Fsp3) is 0.200. The van der Waals surface area contributed by atoms with Crippen LogP contribution in [0.3, 0.4) is 0 Å². The second-order valence-electron chi connectivity index (χ2n) is 4.71. The largest absolute Gasteiger partial charge is 0.232 e. The maximum Gasteiger partial charge on any atom is 0.132 e. The van der Waals surface area contributed by atoms with E-state index in [1.807, 2.05) is 0 Å². The van der Waals surface area contributed by atoms with Crippen LogP contribution in [0, 0.1) is 3.70 Å². The molecule has 0 unspecified atom stereocenters. The Morgan fingerprint density at radius 3 is 2.50 bits per heavy atom. The normalized spacial score (nSPS) is 11.6. The van der Waals surface area contributed by atoms with E-state index < -0.39 is 0 Å². The number of nitrogens with zero attached hydrogens (tertiary/aromatic N) is 2. The molecule has 90 valence electrons. The van der Waals surface area contributed by atoms with E-state index in [-0.39, 0.29) is 0 Å². The standard InChI is InChI=1S/C15H13IN2/c1-9(2)15-17-13-11-6-4-3-5-10(11)7-8-12(13)14(16)18-15/h3-9H,1-2H3. The minimum Gasteiger partial charge on any atom is -0.232 e. The van der Waals surface area contributed by atoms with Gasteiger partial charge in [0, 0.05) is 16.7 Å². The van der Waals surface area contributed by atoms with Crippen molar-refractivity contribution in [1.82, 2.24) is 9.97 Å². The molecule has 3 aromatic rings. The molecule has 3 heteroatoms. The van der Waals surface area contributed by atoms with Crippen molar-refractivity contribution < 1.29 is 0 Å². The highest BCUT2D eigenvalue weighted by Gasteiger charge is 2.10. The summed E-state index contributed by atoms with van der Waals surface area (Å²) in [6.45, 7) is 4.25. The lowest BCUT2D eigenvalue weighted by molar-refractivity contribution is 0.779. The molecule has 18 heavy (non-hydrogen) atoms. The van der Waals surface area contributed by atoms with Gasteiger partial charge in [-0.05, 0) is 34.0 Å². The van der Waals surface area contributed by atoms with Crippen molar-refractivity contribution in [2.24, 2.45) is 0 Å². The number of halogens is 1. The van der Waals surface area contributed by atoms with Crippen LogP contribution < -0.4 is 0 Å². The third-order valence-electron chi connectivity index (χ3n) is 3.08. The van der Waals surface area contributed by atoms with E-state index in [1.165, 1.54) is 10.8 Å². The van der Waals surface area contributed by atoms with Gasteiger partial charge in [0.1, 0.15) is 9.53 Å². The molecular weight excluding hydrogens is 335 g/mol. The van der Waals surface area contributed by atoms with Crippen molar-refractivity contribution >= 4 is 44.3 Å². The zero-order valence-corrected chi connectivity index (χ0v) is 12.5. The first-order chi connectivity index (χ1) is 8.66. The number of aromatic nitrogens is 2. The average Bonchev–Trinajstić information content (AvgIpc) is 2.38. The van der Waals surface area contributed by atoms with E-state index in [2.05, 4.69) is 77.8 Å². The van der Waals surface area contributed by atoms with Crippen molar-refractivity contribution in [3.63, 3.8) is 0 Å². The minimum atomic E-state index is 0.349. The van der Waals surface area contributed by atoms with Gasteiger partial charge in [-0.3, -0.25) is 0 Å². The Balaban J connectivity index is 2.48. The molecule has 0 fully saturated rings. The molecule has 0 aliphatic rings. The fourth-order valence-corrected chi connectivity index (χ4v) is 2.78. The maximum absolute atomic E-state index is 4.75. The van der Waals surface area contributed by atoms with Gasteiger partial charge >= 0.3 is 0 Å². The van der Waals surface area contributed by atoms with Gasteiger partial charge in [-0.15, -0.1) is 0 Å². The van der Waals surface area contributed by atoms with Gasteiger partial charge in [0.05, 0.1) is 5.52 Å². The molecule has 0 spiro atoms. The molecule has 0 aliphatic heterocycles. The second-order valence-corrected chi connectivity index (χ2v) is 5.73. The van der Waals surface area contributed by atoms with Crippen molar-refractivity contribution in [1.29, 1.82) is 0 Å². The molecule has 0 bridgehead atoms. The minimum absolute atomic E-state index is 0.349. The molecule has 0 saturated carbocycles. The average molecular weight is 348 g/mol. The summed E-state index contributed by atoms with van der Waals surface area (Å²) in [5, 5.41) is 3.57. The molecule has 0 N–H and O–H groups in total. The van der Waals surface area contributed by atoms with Gasteiger partial charge in [-0.1, -0.05) is 44.2 Å². The van der Waals surface area contributed by atoms with Crippen LogP contribution in [0.5, 0.6) is 0 Å². The highest BCUT2D eigenvalue weighted by Crippen LogP contribution is 2.27. The third-order valence-corrected chi connectivity index (χ3v) is 3.90. The molecular formula is C15H13IN2. The number of hydrogen-bond donors (Lipinski definition) is 0. The summed E-state index contributed by atoms with van der Waals surface area (Å²) in [4.78, 5) is 9.33. The van der Waals surface area contributed by atoms with Gasteiger partial charge in [-0.25, -0.2) is 9.97 Å². The Labute approximate surface area is 120 Å². The molecule has 3 rings (SSSR count). The number of hydrogen-bond acceptors (Lipinski definition) is 2. The fourth-order valence-electron chi connectivity index (χ4n) is 2.10. The molecule has 0 amide bonds. The predicted molar refractivity (Wildman–Crippen MR) is 83.9 cm³/mol. The van der Waals surface area contributed by atoms with Crippen molar-refractivity contribution in [3.8, 4) is 0 Å². The Morgan fingerprint density at radius 2 is 1.72 bits per heavy atom. The Bertz CT molecular complexity index is 735. The molecule has 0 radical (unpaired) electrons. The van der Waals surface area contributed by atoms with E-state index in [0.717, 1.165) is 20.4 Å². The number of rotatable bonds is 1. The highest BCUT2D eigenvalue weighted by molar-refractivity contribution is 14.1. The topological polar surface area (TPSA) is 25.8 Å².